The molecule has 0 atom stereocenters. The highest BCUT2D eigenvalue weighted by atomic mass is 19.1. The molecule has 0 bridgehead atoms. The van der Waals surface area contributed by atoms with Gasteiger partial charge < -0.3 is 9.47 Å². The number of carbonyl (C=O) groups excluding carboxylic acids is 3. The van der Waals surface area contributed by atoms with Crippen LogP contribution in [0.2, 0.25) is 0 Å². The number of hydrazine groups is 1. The first-order valence-electron chi connectivity index (χ1n) is 8.06. The van der Waals surface area contributed by atoms with Gasteiger partial charge in [0.25, 0.3) is 11.8 Å². The Bertz CT molecular complexity index is 854. The third kappa shape index (κ3) is 6.10. The van der Waals surface area contributed by atoms with Crippen LogP contribution < -0.4 is 15.6 Å². The molecule has 142 valence electrons. The predicted molar refractivity (Wildman–Crippen MR) is 94.4 cm³/mol. The molecule has 0 radical (unpaired) electrons. The third-order valence-electron chi connectivity index (χ3n) is 3.63. The average molecular weight is 374 g/mol. The second kappa shape index (κ2) is 9.33. The Morgan fingerprint density at radius 3 is 2.41 bits per heavy atom. The smallest absolute Gasteiger partial charge is 0.344 e. The summed E-state index contributed by atoms with van der Waals surface area (Å²) in [5.41, 5.74) is 5.95. The van der Waals surface area contributed by atoms with Gasteiger partial charge in [-0.25, -0.2) is 9.18 Å². The Balaban J connectivity index is 1.70. The molecule has 27 heavy (non-hydrogen) atoms. The Morgan fingerprint density at radius 1 is 0.963 bits per heavy atom. The number of amides is 2. The SMILES string of the molecule is Cc1ccc(OCC(=O)OCC(=O)NNC(=O)c2ccccc2F)cc1C. The standard InChI is InChI=1S/C19H19FN2O5/c1-12-7-8-14(9-13(12)2)26-11-18(24)27-10-17(23)21-22-19(25)15-5-3-4-6-16(15)20/h3-9H,10-11H2,1-2H3,(H,21,23)(H,22,25). The van der Waals surface area contributed by atoms with E-state index in [1.165, 1.54) is 18.2 Å². The van der Waals surface area contributed by atoms with Gasteiger partial charge in [0.2, 0.25) is 0 Å². The molecule has 0 aromatic heterocycles. The molecule has 0 unspecified atom stereocenters. The van der Waals surface area contributed by atoms with Gasteiger partial charge in [0.05, 0.1) is 5.56 Å². The fourth-order valence-electron chi connectivity index (χ4n) is 2.01. The first kappa shape index (κ1) is 19.9. The van der Waals surface area contributed by atoms with E-state index in [9.17, 15) is 18.8 Å². The molecule has 0 saturated heterocycles. The van der Waals surface area contributed by atoms with Crippen molar-refractivity contribution in [2.45, 2.75) is 13.8 Å². The second-order valence-electron chi connectivity index (χ2n) is 5.68. The summed E-state index contributed by atoms with van der Waals surface area (Å²) in [6.45, 7) is 2.89. The van der Waals surface area contributed by atoms with Crippen molar-refractivity contribution in [2.75, 3.05) is 13.2 Å². The summed E-state index contributed by atoms with van der Waals surface area (Å²) >= 11 is 0. The molecule has 0 fully saturated rings. The van der Waals surface area contributed by atoms with Crippen molar-refractivity contribution in [1.29, 1.82) is 0 Å². The van der Waals surface area contributed by atoms with E-state index in [1.54, 1.807) is 12.1 Å². The lowest BCUT2D eigenvalue weighted by Gasteiger charge is -2.10. The lowest BCUT2D eigenvalue weighted by molar-refractivity contribution is -0.150. The number of esters is 1. The largest absolute Gasteiger partial charge is 0.482 e. The normalized spacial score (nSPS) is 10.0. The number of ether oxygens (including phenoxy) is 2. The summed E-state index contributed by atoms with van der Waals surface area (Å²) in [4.78, 5) is 34.9. The number of nitrogens with one attached hydrogen (secondary N) is 2. The molecule has 8 heteroatoms. The lowest BCUT2D eigenvalue weighted by Crippen LogP contribution is -2.44. The Kier molecular flexibility index (Phi) is 6.87. The number of hydrogen-bond acceptors (Lipinski definition) is 5. The topological polar surface area (TPSA) is 93.7 Å². The Hall–Kier alpha value is -3.42. The summed E-state index contributed by atoms with van der Waals surface area (Å²) in [5, 5.41) is 0. The van der Waals surface area contributed by atoms with Gasteiger partial charge in [0.15, 0.2) is 13.2 Å². The van der Waals surface area contributed by atoms with Crippen LogP contribution >= 0.6 is 0 Å². The summed E-state index contributed by atoms with van der Waals surface area (Å²) in [7, 11) is 0. The molecular weight excluding hydrogens is 355 g/mol. The molecule has 2 amide bonds. The van der Waals surface area contributed by atoms with Crippen molar-refractivity contribution in [1.82, 2.24) is 10.9 Å². The first-order valence-corrected chi connectivity index (χ1v) is 8.06. The van der Waals surface area contributed by atoms with Crippen LogP contribution in [0.5, 0.6) is 5.75 Å². The zero-order valence-electron chi connectivity index (χ0n) is 14.9. The number of carbonyl (C=O) groups is 3. The minimum Gasteiger partial charge on any atom is -0.482 e. The van der Waals surface area contributed by atoms with Crippen LogP contribution in [0.4, 0.5) is 4.39 Å². The van der Waals surface area contributed by atoms with Crippen LogP contribution in [-0.2, 0) is 14.3 Å². The minimum absolute atomic E-state index is 0.225. The van der Waals surface area contributed by atoms with Gasteiger partial charge in [-0.05, 0) is 49.2 Å². The monoisotopic (exact) mass is 374 g/mol. The van der Waals surface area contributed by atoms with Crippen molar-refractivity contribution in [3.63, 3.8) is 0 Å². The fourth-order valence-corrected chi connectivity index (χ4v) is 2.01. The number of hydrogen-bond donors (Lipinski definition) is 2. The van der Waals surface area contributed by atoms with Gasteiger partial charge in [-0.1, -0.05) is 18.2 Å². The van der Waals surface area contributed by atoms with Gasteiger partial charge in [-0.15, -0.1) is 0 Å². The highest BCUT2D eigenvalue weighted by Crippen LogP contribution is 2.16. The highest BCUT2D eigenvalue weighted by Gasteiger charge is 2.13. The minimum atomic E-state index is -0.828. The van der Waals surface area contributed by atoms with Crippen molar-refractivity contribution < 1.29 is 28.2 Å². The lowest BCUT2D eigenvalue weighted by atomic mass is 10.1. The van der Waals surface area contributed by atoms with Gasteiger partial charge >= 0.3 is 5.97 Å². The molecule has 0 saturated carbocycles. The maximum atomic E-state index is 13.4. The molecule has 0 heterocycles. The van der Waals surface area contributed by atoms with E-state index in [-0.39, 0.29) is 12.2 Å². The van der Waals surface area contributed by atoms with Crippen molar-refractivity contribution >= 4 is 17.8 Å². The summed E-state index contributed by atoms with van der Waals surface area (Å²) in [6.07, 6.45) is 0. The van der Waals surface area contributed by atoms with Gasteiger partial charge in [0, 0.05) is 0 Å². The predicted octanol–water partition coefficient (Wildman–Crippen LogP) is 1.83. The second-order valence-corrected chi connectivity index (χ2v) is 5.68. The maximum absolute atomic E-state index is 13.4. The van der Waals surface area contributed by atoms with E-state index in [0.717, 1.165) is 17.2 Å². The zero-order chi connectivity index (χ0) is 19.8. The van der Waals surface area contributed by atoms with E-state index in [4.69, 9.17) is 9.47 Å². The van der Waals surface area contributed by atoms with Crippen LogP contribution in [0.15, 0.2) is 42.5 Å². The molecule has 0 spiro atoms. The van der Waals surface area contributed by atoms with Gasteiger partial charge in [-0.3, -0.25) is 20.4 Å². The number of benzene rings is 2. The molecule has 0 aliphatic heterocycles. The van der Waals surface area contributed by atoms with Crippen LogP contribution in [0.25, 0.3) is 0 Å². The summed E-state index contributed by atoms with van der Waals surface area (Å²) in [5.74, 6) is -2.57. The Morgan fingerprint density at radius 2 is 1.70 bits per heavy atom. The molecule has 2 rings (SSSR count). The summed E-state index contributed by atoms with van der Waals surface area (Å²) in [6, 6.07) is 10.7. The number of aryl methyl sites for hydroxylation is 2. The zero-order valence-corrected chi connectivity index (χ0v) is 14.9. The summed E-state index contributed by atoms with van der Waals surface area (Å²) < 4.78 is 23.5. The third-order valence-corrected chi connectivity index (χ3v) is 3.63. The van der Waals surface area contributed by atoms with Gasteiger partial charge in [-0.2, -0.15) is 0 Å². The van der Waals surface area contributed by atoms with E-state index < -0.39 is 30.2 Å². The first-order chi connectivity index (χ1) is 12.9. The van der Waals surface area contributed by atoms with Crippen molar-refractivity contribution in [3.05, 3.63) is 65.0 Å². The molecule has 2 aromatic rings. The molecule has 0 aliphatic rings. The molecule has 7 nitrogen and oxygen atoms in total. The van der Waals surface area contributed by atoms with Crippen molar-refractivity contribution in [3.8, 4) is 5.75 Å². The molecular formula is C19H19FN2O5. The average Bonchev–Trinajstić information content (AvgIpc) is 2.65. The highest BCUT2D eigenvalue weighted by molar-refractivity contribution is 5.95. The van der Waals surface area contributed by atoms with Crippen LogP contribution in [0.1, 0.15) is 21.5 Å². The number of rotatable bonds is 6. The fraction of sp³-hybridized carbons (Fsp3) is 0.211. The van der Waals surface area contributed by atoms with Crippen LogP contribution in [-0.4, -0.2) is 31.0 Å². The quantitative estimate of drug-likeness (QED) is 0.594. The van der Waals surface area contributed by atoms with E-state index >= 15 is 0 Å². The van der Waals surface area contributed by atoms with E-state index in [0.29, 0.717) is 5.75 Å². The molecule has 2 N–H and O–H groups in total. The van der Waals surface area contributed by atoms with Crippen molar-refractivity contribution in [2.24, 2.45) is 0 Å². The molecule has 2 aromatic carbocycles. The van der Waals surface area contributed by atoms with E-state index in [1.807, 2.05) is 30.8 Å². The van der Waals surface area contributed by atoms with E-state index in [2.05, 4.69) is 0 Å². The number of halogens is 1. The van der Waals surface area contributed by atoms with Crippen LogP contribution in [0.3, 0.4) is 0 Å². The van der Waals surface area contributed by atoms with Gasteiger partial charge in [0.1, 0.15) is 11.6 Å². The van der Waals surface area contributed by atoms with Crippen LogP contribution in [0, 0.1) is 19.7 Å². The maximum Gasteiger partial charge on any atom is 0.344 e. The Labute approximate surface area is 155 Å². The molecule has 0 aliphatic carbocycles.